The molecule has 1 saturated carbocycles. The zero-order valence-corrected chi connectivity index (χ0v) is 10.9. The average Bonchev–Trinajstić information content (AvgIpc) is 3.00. The molecule has 1 aliphatic heterocycles. The molecule has 2 aliphatic rings. The lowest BCUT2D eigenvalue weighted by atomic mass is 9.95. The Kier molecular flexibility index (Phi) is 3.06. The Balaban J connectivity index is 1.82. The molecule has 1 saturated heterocycles. The van der Waals surface area contributed by atoms with Gasteiger partial charge >= 0.3 is 0 Å². The lowest BCUT2D eigenvalue weighted by molar-refractivity contribution is 0.431. The highest BCUT2D eigenvalue weighted by Crippen LogP contribution is 2.38. The van der Waals surface area contributed by atoms with Gasteiger partial charge in [0.2, 0.25) is 0 Å². The molecule has 0 radical (unpaired) electrons. The van der Waals surface area contributed by atoms with Crippen LogP contribution in [0.2, 0.25) is 0 Å². The second-order valence-electron chi connectivity index (χ2n) is 5.76. The number of nitrogens with two attached hydrogens (primary N) is 2. The van der Waals surface area contributed by atoms with Gasteiger partial charge in [0.05, 0.1) is 11.4 Å². The van der Waals surface area contributed by atoms with Crippen molar-refractivity contribution in [3.63, 3.8) is 0 Å². The summed E-state index contributed by atoms with van der Waals surface area (Å²) < 4.78 is 0. The molecule has 1 aromatic carbocycles. The molecule has 2 fully saturated rings. The summed E-state index contributed by atoms with van der Waals surface area (Å²) in [5, 5.41) is 0. The van der Waals surface area contributed by atoms with E-state index in [-0.39, 0.29) is 0 Å². The summed E-state index contributed by atoms with van der Waals surface area (Å²) in [5.74, 6) is 0.895. The number of benzene rings is 1. The highest BCUT2D eigenvalue weighted by Gasteiger charge is 2.33. The third kappa shape index (κ3) is 2.02. The van der Waals surface area contributed by atoms with Crippen LogP contribution in [0.25, 0.3) is 0 Å². The molecule has 3 rings (SSSR count). The normalized spacial score (nSPS) is 24.9. The summed E-state index contributed by atoms with van der Waals surface area (Å²) in [6, 6.07) is 6.84. The zero-order valence-electron chi connectivity index (χ0n) is 10.9. The van der Waals surface area contributed by atoms with Gasteiger partial charge in [-0.1, -0.05) is 12.8 Å². The fourth-order valence-electron chi connectivity index (χ4n) is 3.69. The minimum atomic E-state index is 0.690. The van der Waals surface area contributed by atoms with E-state index in [4.69, 9.17) is 11.5 Å². The summed E-state index contributed by atoms with van der Waals surface area (Å²) in [7, 11) is 0. The van der Waals surface area contributed by atoms with Crippen LogP contribution < -0.4 is 16.4 Å². The third-order valence-corrected chi connectivity index (χ3v) is 4.65. The molecule has 1 unspecified atom stereocenters. The number of rotatable bonds is 2. The Morgan fingerprint density at radius 2 is 1.72 bits per heavy atom. The van der Waals surface area contributed by atoms with Crippen LogP contribution in [-0.4, -0.2) is 12.6 Å². The lowest BCUT2D eigenvalue weighted by Gasteiger charge is -2.31. The summed E-state index contributed by atoms with van der Waals surface area (Å²) in [5.41, 5.74) is 14.4. The first kappa shape index (κ1) is 11.7. The van der Waals surface area contributed by atoms with E-state index in [1.165, 1.54) is 50.8 Å². The van der Waals surface area contributed by atoms with Gasteiger partial charge in [-0.05, 0) is 49.8 Å². The highest BCUT2D eigenvalue weighted by molar-refractivity contribution is 5.70. The molecule has 4 N–H and O–H groups in total. The van der Waals surface area contributed by atoms with Gasteiger partial charge in [0.1, 0.15) is 0 Å². The molecule has 0 spiro atoms. The van der Waals surface area contributed by atoms with Crippen molar-refractivity contribution in [2.75, 3.05) is 22.9 Å². The standard InChI is InChI=1S/C15H23N3/c16-13-8-7-12(10-14(13)17)18-9-3-6-15(18)11-4-1-2-5-11/h7-8,10-11,15H,1-6,9,16-17H2. The number of nitrogens with zero attached hydrogens (tertiary/aromatic N) is 1. The van der Waals surface area contributed by atoms with E-state index >= 15 is 0 Å². The smallest absolute Gasteiger partial charge is 0.0568 e. The molecule has 0 amide bonds. The maximum absolute atomic E-state index is 5.94. The van der Waals surface area contributed by atoms with Gasteiger partial charge in [-0.2, -0.15) is 0 Å². The molecular formula is C15H23N3. The largest absolute Gasteiger partial charge is 0.397 e. The van der Waals surface area contributed by atoms with Crippen molar-refractivity contribution in [1.82, 2.24) is 0 Å². The molecule has 0 aromatic heterocycles. The van der Waals surface area contributed by atoms with Crippen LogP contribution >= 0.6 is 0 Å². The van der Waals surface area contributed by atoms with Crippen LogP contribution in [0.4, 0.5) is 17.1 Å². The molecule has 0 bridgehead atoms. The number of hydrogen-bond acceptors (Lipinski definition) is 3. The summed E-state index contributed by atoms with van der Waals surface area (Å²) in [6.07, 6.45) is 8.30. The Morgan fingerprint density at radius 1 is 0.944 bits per heavy atom. The first-order valence-electron chi connectivity index (χ1n) is 7.17. The Morgan fingerprint density at radius 3 is 2.44 bits per heavy atom. The first-order valence-corrected chi connectivity index (χ1v) is 7.17. The second-order valence-corrected chi connectivity index (χ2v) is 5.76. The first-order chi connectivity index (χ1) is 8.75. The van der Waals surface area contributed by atoms with Gasteiger partial charge in [0.25, 0.3) is 0 Å². The van der Waals surface area contributed by atoms with E-state index in [1.807, 2.05) is 12.1 Å². The Hall–Kier alpha value is -1.38. The van der Waals surface area contributed by atoms with Gasteiger partial charge in [-0.3, -0.25) is 0 Å². The van der Waals surface area contributed by atoms with Crippen molar-refractivity contribution < 1.29 is 0 Å². The van der Waals surface area contributed by atoms with Crippen molar-refractivity contribution in [3.05, 3.63) is 18.2 Å². The summed E-state index contributed by atoms with van der Waals surface area (Å²) in [6.45, 7) is 1.17. The van der Waals surface area contributed by atoms with Gasteiger partial charge in [-0.25, -0.2) is 0 Å². The van der Waals surface area contributed by atoms with E-state index in [9.17, 15) is 0 Å². The van der Waals surface area contributed by atoms with Crippen LogP contribution in [-0.2, 0) is 0 Å². The molecule has 1 heterocycles. The molecule has 98 valence electrons. The molecule has 3 heteroatoms. The summed E-state index contributed by atoms with van der Waals surface area (Å²) in [4.78, 5) is 2.56. The van der Waals surface area contributed by atoms with Crippen LogP contribution in [0.1, 0.15) is 38.5 Å². The average molecular weight is 245 g/mol. The topological polar surface area (TPSA) is 55.3 Å². The minimum Gasteiger partial charge on any atom is -0.397 e. The van der Waals surface area contributed by atoms with E-state index in [1.54, 1.807) is 0 Å². The van der Waals surface area contributed by atoms with Crippen molar-refractivity contribution in [2.45, 2.75) is 44.6 Å². The second kappa shape index (κ2) is 4.71. The molecule has 1 aliphatic carbocycles. The van der Waals surface area contributed by atoms with Gasteiger partial charge in [-0.15, -0.1) is 0 Å². The van der Waals surface area contributed by atoms with Crippen molar-refractivity contribution >= 4 is 17.1 Å². The molecule has 1 aromatic rings. The minimum absolute atomic E-state index is 0.690. The van der Waals surface area contributed by atoms with Gasteiger partial charge in [0.15, 0.2) is 0 Å². The monoisotopic (exact) mass is 245 g/mol. The van der Waals surface area contributed by atoms with Crippen molar-refractivity contribution in [3.8, 4) is 0 Å². The van der Waals surface area contributed by atoms with Crippen molar-refractivity contribution in [1.29, 1.82) is 0 Å². The van der Waals surface area contributed by atoms with Crippen LogP contribution in [0, 0.1) is 5.92 Å². The van der Waals surface area contributed by atoms with Gasteiger partial charge in [0, 0.05) is 18.3 Å². The Labute approximate surface area is 109 Å². The fraction of sp³-hybridized carbons (Fsp3) is 0.600. The predicted octanol–water partition coefficient (Wildman–Crippen LogP) is 3.01. The highest BCUT2D eigenvalue weighted by atomic mass is 15.2. The van der Waals surface area contributed by atoms with Gasteiger partial charge < -0.3 is 16.4 Å². The lowest BCUT2D eigenvalue weighted by Crippen LogP contribution is -2.34. The number of hydrogen-bond donors (Lipinski definition) is 2. The van der Waals surface area contributed by atoms with E-state index in [0.717, 1.165) is 12.0 Å². The summed E-state index contributed by atoms with van der Waals surface area (Å²) >= 11 is 0. The number of anilines is 3. The maximum atomic E-state index is 5.94. The van der Waals surface area contributed by atoms with E-state index < -0.39 is 0 Å². The molecule has 3 nitrogen and oxygen atoms in total. The van der Waals surface area contributed by atoms with Crippen molar-refractivity contribution in [2.24, 2.45) is 5.92 Å². The van der Waals surface area contributed by atoms with Crippen LogP contribution in [0.15, 0.2) is 18.2 Å². The Bertz CT molecular complexity index is 424. The third-order valence-electron chi connectivity index (χ3n) is 4.65. The zero-order chi connectivity index (χ0) is 12.5. The van der Waals surface area contributed by atoms with E-state index in [0.29, 0.717) is 11.4 Å². The SMILES string of the molecule is Nc1ccc(N2CCCC2C2CCCC2)cc1N. The van der Waals surface area contributed by atoms with Crippen LogP contribution in [0.5, 0.6) is 0 Å². The number of nitrogen functional groups attached to an aromatic ring is 2. The molecular weight excluding hydrogens is 222 g/mol. The maximum Gasteiger partial charge on any atom is 0.0568 e. The fourth-order valence-corrected chi connectivity index (χ4v) is 3.69. The molecule has 1 atom stereocenters. The van der Waals surface area contributed by atoms with E-state index in [2.05, 4.69) is 11.0 Å². The predicted molar refractivity (Wildman–Crippen MR) is 77.6 cm³/mol. The quantitative estimate of drug-likeness (QED) is 0.787. The molecule has 18 heavy (non-hydrogen) atoms. The van der Waals surface area contributed by atoms with Crippen LogP contribution in [0.3, 0.4) is 0 Å².